The highest BCUT2D eigenvalue weighted by Crippen LogP contribution is 2.50. The number of alkyl halides is 7. The Labute approximate surface area is 197 Å². The van der Waals surface area contributed by atoms with Crippen molar-refractivity contribution < 1.29 is 40.2 Å². The molecule has 198 valence electrons. The van der Waals surface area contributed by atoms with Crippen LogP contribution in [0.3, 0.4) is 0 Å². The smallest absolute Gasteiger partial charge is 0.364 e. The third-order valence-corrected chi connectivity index (χ3v) is 8.65. The first-order valence-electron chi connectivity index (χ1n) is 12.9. The molecular weight excluding hydrogens is 465 g/mol. The van der Waals surface area contributed by atoms with Crippen molar-refractivity contribution in [3.8, 4) is 0 Å². The minimum absolute atomic E-state index is 0.0640. The van der Waals surface area contributed by atoms with E-state index in [1.54, 1.807) is 0 Å². The minimum atomic E-state index is -4.06. The predicted molar refractivity (Wildman–Crippen MR) is 113 cm³/mol. The lowest BCUT2D eigenvalue weighted by Gasteiger charge is -2.46. The molecule has 0 N–H and O–H groups in total. The third-order valence-electron chi connectivity index (χ3n) is 8.65. The van der Waals surface area contributed by atoms with E-state index in [-0.39, 0.29) is 50.5 Å². The highest BCUT2D eigenvalue weighted by molar-refractivity contribution is 4.99. The third kappa shape index (κ3) is 5.87. The molecule has 0 radical (unpaired) electrons. The second kappa shape index (κ2) is 10.8. The summed E-state index contributed by atoms with van der Waals surface area (Å²) in [5.74, 6) is -4.39. The quantitative estimate of drug-likeness (QED) is 0.374. The molecule has 0 amide bonds. The lowest BCUT2D eigenvalue weighted by molar-refractivity contribution is -0.320. The van der Waals surface area contributed by atoms with E-state index >= 15 is 8.78 Å². The van der Waals surface area contributed by atoms with E-state index in [4.69, 9.17) is 9.47 Å². The topological polar surface area (TPSA) is 18.5 Å². The van der Waals surface area contributed by atoms with Gasteiger partial charge in [-0.2, -0.15) is 8.78 Å². The molecule has 4 rings (SSSR count). The van der Waals surface area contributed by atoms with Crippen molar-refractivity contribution in [1.29, 1.82) is 0 Å². The Balaban J connectivity index is 1.35. The first-order chi connectivity index (χ1) is 16.0. The van der Waals surface area contributed by atoms with Crippen molar-refractivity contribution >= 4 is 0 Å². The number of ether oxygens (including phenoxy) is 2. The summed E-state index contributed by atoms with van der Waals surface area (Å²) in [4.78, 5) is 0. The number of rotatable bonds is 5. The van der Waals surface area contributed by atoms with Crippen LogP contribution in [0.1, 0.15) is 71.1 Å². The van der Waals surface area contributed by atoms with E-state index in [0.29, 0.717) is 12.5 Å². The molecule has 3 aliphatic carbocycles. The zero-order valence-corrected chi connectivity index (χ0v) is 19.7. The molecule has 0 spiro atoms. The Bertz CT molecular complexity index is 627. The van der Waals surface area contributed by atoms with Crippen LogP contribution < -0.4 is 0 Å². The lowest BCUT2D eigenvalue weighted by atomic mass is 9.65. The van der Waals surface area contributed by atoms with Crippen LogP contribution in [0, 0.1) is 29.6 Å². The first-order valence-corrected chi connectivity index (χ1v) is 12.9. The van der Waals surface area contributed by atoms with Gasteiger partial charge in [0.2, 0.25) is 0 Å². The molecule has 0 aromatic heterocycles. The van der Waals surface area contributed by atoms with Gasteiger partial charge >= 0.3 is 6.11 Å². The van der Waals surface area contributed by atoms with Gasteiger partial charge in [-0.1, -0.05) is 6.92 Å². The molecule has 2 nitrogen and oxygen atoms in total. The number of hydrogen-bond donors (Lipinski definition) is 0. The Kier molecular flexibility index (Phi) is 8.43. The molecule has 4 aliphatic rings. The van der Waals surface area contributed by atoms with Gasteiger partial charge in [0.1, 0.15) is 36.8 Å². The zero-order chi connectivity index (χ0) is 24.6. The molecule has 6 atom stereocenters. The molecule has 1 saturated heterocycles. The maximum atomic E-state index is 15.1. The van der Waals surface area contributed by atoms with E-state index in [1.165, 1.54) is 0 Å². The van der Waals surface area contributed by atoms with Crippen molar-refractivity contribution in [3.63, 3.8) is 0 Å². The van der Waals surface area contributed by atoms with Gasteiger partial charge in [-0.3, -0.25) is 0 Å². The van der Waals surface area contributed by atoms with E-state index in [9.17, 15) is 22.0 Å². The Hall–Kier alpha value is -0.570. The molecule has 1 heterocycles. The minimum Gasteiger partial charge on any atom is -0.378 e. The highest BCUT2D eigenvalue weighted by atomic mass is 19.3. The van der Waals surface area contributed by atoms with Crippen LogP contribution in [0.25, 0.3) is 0 Å². The summed E-state index contributed by atoms with van der Waals surface area (Å²) in [6.45, 7) is 2.62. The Morgan fingerprint density at radius 1 is 0.706 bits per heavy atom. The van der Waals surface area contributed by atoms with E-state index in [0.717, 1.165) is 12.8 Å². The fourth-order valence-corrected chi connectivity index (χ4v) is 6.76. The second-order valence-corrected chi connectivity index (χ2v) is 11.2. The van der Waals surface area contributed by atoms with Gasteiger partial charge < -0.3 is 9.47 Å². The van der Waals surface area contributed by atoms with Crippen LogP contribution in [0.15, 0.2) is 0 Å². The predicted octanol–water partition coefficient (Wildman–Crippen LogP) is 7.10. The highest BCUT2D eigenvalue weighted by Gasteiger charge is 2.57. The first kappa shape index (κ1) is 26.5. The van der Waals surface area contributed by atoms with Crippen LogP contribution in [0.5, 0.6) is 0 Å². The van der Waals surface area contributed by atoms with Crippen molar-refractivity contribution in [2.24, 2.45) is 29.6 Å². The fourth-order valence-electron chi connectivity index (χ4n) is 6.76. The Morgan fingerprint density at radius 3 is 1.79 bits per heavy atom. The van der Waals surface area contributed by atoms with E-state index in [1.807, 2.05) is 0 Å². The molecule has 4 fully saturated rings. The standard InChI is InChI=1S/C25H37F7O2/c1-13-2-7-22(33-12-13)14-8-18(27)23(19(28)9-14)15-10-20(29)24(21(30)11-15)25(31,32)34-17-5-3-16(26)4-6-17/h13-24H,2-12H2,1H3. The molecule has 9 heteroatoms. The van der Waals surface area contributed by atoms with E-state index in [2.05, 4.69) is 6.92 Å². The Morgan fingerprint density at radius 2 is 1.26 bits per heavy atom. The molecule has 34 heavy (non-hydrogen) atoms. The molecule has 0 aromatic carbocycles. The average molecular weight is 503 g/mol. The monoisotopic (exact) mass is 502 g/mol. The van der Waals surface area contributed by atoms with Crippen LogP contribution in [-0.2, 0) is 9.47 Å². The van der Waals surface area contributed by atoms with Gasteiger partial charge in [-0.15, -0.1) is 0 Å². The van der Waals surface area contributed by atoms with Crippen LogP contribution >= 0.6 is 0 Å². The summed E-state index contributed by atoms with van der Waals surface area (Å²) in [7, 11) is 0. The van der Waals surface area contributed by atoms with Crippen LogP contribution in [0.4, 0.5) is 30.7 Å². The number of halogens is 7. The van der Waals surface area contributed by atoms with Crippen molar-refractivity contribution in [1.82, 2.24) is 0 Å². The molecular formula is C25H37F7O2. The molecule has 1 aliphatic heterocycles. The SMILES string of the molecule is CC1CCC(C2CC(F)C(C3CC(F)C(C(F)(F)OC4CCC(F)CC4)C(F)C3)C(F)C2)OC1. The van der Waals surface area contributed by atoms with Gasteiger partial charge in [0.25, 0.3) is 0 Å². The van der Waals surface area contributed by atoms with Crippen LogP contribution in [0.2, 0.25) is 0 Å². The molecule has 6 unspecified atom stereocenters. The van der Waals surface area contributed by atoms with Crippen LogP contribution in [-0.4, -0.2) is 55.8 Å². The molecule has 0 bridgehead atoms. The normalized spacial score (nSPS) is 49.1. The van der Waals surface area contributed by atoms with E-state index < -0.39 is 73.7 Å². The maximum absolute atomic E-state index is 15.1. The van der Waals surface area contributed by atoms with Gasteiger partial charge in [0, 0.05) is 12.5 Å². The largest absolute Gasteiger partial charge is 0.378 e. The van der Waals surface area contributed by atoms with Gasteiger partial charge in [0.05, 0.1) is 12.2 Å². The van der Waals surface area contributed by atoms with Gasteiger partial charge in [0.15, 0.2) is 0 Å². The van der Waals surface area contributed by atoms with Gasteiger partial charge in [-0.25, -0.2) is 22.0 Å². The fraction of sp³-hybridized carbons (Fsp3) is 1.00. The molecule has 0 aromatic rings. The molecule has 3 saturated carbocycles. The lowest BCUT2D eigenvalue weighted by Crippen LogP contribution is -2.53. The summed E-state index contributed by atoms with van der Waals surface area (Å²) < 4.78 is 114. The number of hydrogen-bond acceptors (Lipinski definition) is 2. The summed E-state index contributed by atoms with van der Waals surface area (Å²) in [5.41, 5.74) is 0. The average Bonchev–Trinajstić information content (AvgIpc) is 2.74. The van der Waals surface area contributed by atoms with Crippen molar-refractivity contribution in [2.45, 2.75) is 120 Å². The second-order valence-electron chi connectivity index (χ2n) is 11.2. The summed E-state index contributed by atoms with van der Waals surface area (Å²) in [6, 6.07) is 0. The summed E-state index contributed by atoms with van der Waals surface area (Å²) >= 11 is 0. The zero-order valence-electron chi connectivity index (χ0n) is 19.7. The maximum Gasteiger partial charge on any atom is 0.364 e. The summed E-state index contributed by atoms with van der Waals surface area (Å²) in [6.07, 6.45) is -13.0. The van der Waals surface area contributed by atoms with Crippen molar-refractivity contribution in [3.05, 3.63) is 0 Å². The van der Waals surface area contributed by atoms with Crippen molar-refractivity contribution in [2.75, 3.05) is 6.61 Å². The summed E-state index contributed by atoms with van der Waals surface area (Å²) in [5, 5.41) is 0. The van der Waals surface area contributed by atoms with Gasteiger partial charge in [-0.05, 0) is 82.0 Å².